The molecule has 35 heavy (non-hydrogen) atoms. The Kier molecular flexibility index (Phi) is 7.01. The zero-order valence-electron chi connectivity index (χ0n) is 19.3. The molecule has 2 fully saturated rings. The first kappa shape index (κ1) is 23.0. The molecule has 3 heterocycles. The van der Waals surface area contributed by atoms with Crippen LogP contribution in [0.1, 0.15) is 29.6 Å². The number of amidine groups is 1. The highest BCUT2D eigenvalue weighted by atomic mass is 16.5. The number of nitrogens with zero attached hydrogens (tertiary/aromatic N) is 3. The second-order valence-corrected chi connectivity index (χ2v) is 8.76. The van der Waals surface area contributed by atoms with Gasteiger partial charge in [0.15, 0.2) is 0 Å². The van der Waals surface area contributed by atoms with Crippen LogP contribution in [0.2, 0.25) is 0 Å². The van der Waals surface area contributed by atoms with Gasteiger partial charge in [-0.2, -0.15) is 5.10 Å². The molecule has 0 spiro atoms. The number of hydrogen-bond donors (Lipinski definition) is 4. The van der Waals surface area contributed by atoms with Crippen LogP contribution in [0.4, 0.5) is 5.82 Å². The number of nitrogens with one attached hydrogen (secondary N) is 3. The Bertz CT molecular complexity index is 1160. The number of aromatic nitrogens is 3. The second kappa shape index (κ2) is 10.7. The number of aromatic amines is 1. The van der Waals surface area contributed by atoms with Crippen LogP contribution in [0, 0.1) is 5.92 Å². The number of aliphatic imine (C=N–C) groups is 1. The number of anilines is 1. The molecule has 5 N–H and O–H groups in total. The lowest BCUT2D eigenvalue weighted by Crippen LogP contribution is -2.37. The van der Waals surface area contributed by atoms with Gasteiger partial charge in [-0.05, 0) is 61.6 Å². The quantitative estimate of drug-likeness (QED) is 0.304. The first-order valence-corrected chi connectivity index (χ1v) is 11.8. The minimum atomic E-state index is -0.136. The van der Waals surface area contributed by atoms with E-state index in [1.165, 1.54) is 0 Å². The summed E-state index contributed by atoms with van der Waals surface area (Å²) in [5.41, 5.74) is 8.32. The normalized spacial score (nSPS) is 20.3. The van der Waals surface area contributed by atoms with Gasteiger partial charge in [-0.3, -0.25) is 20.2 Å². The van der Waals surface area contributed by atoms with Crippen LogP contribution in [-0.2, 0) is 4.74 Å². The molecule has 1 amide bonds. The summed E-state index contributed by atoms with van der Waals surface area (Å²) in [7, 11) is 0. The molecule has 10 heteroatoms. The van der Waals surface area contributed by atoms with Gasteiger partial charge >= 0.3 is 0 Å². The van der Waals surface area contributed by atoms with E-state index in [9.17, 15) is 4.79 Å². The third-order valence-corrected chi connectivity index (χ3v) is 6.14. The monoisotopic (exact) mass is 475 g/mol. The van der Waals surface area contributed by atoms with Crippen LogP contribution < -0.4 is 21.1 Å². The summed E-state index contributed by atoms with van der Waals surface area (Å²) >= 11 is 0. The van der Waals surface area contributed by atoms with Crippen LogP contribution in [0.3, 0.4) is 0 Å². The standard InChI is InChI=1S/C25H29N7O3/c26-12-18-9-11-34-15-22(18)30-25(35-20-2-1-10-27-13-20)31-23-21(14-28-32-23)16-3-5-17(6-4-16)24(33)29-19-7-8-19/h1-6,10,13-14,18-19,22H,7-9,11-12,15,26H2,(H,29,33)(H2,28,30,31,32). The number of nitrogens with two attached hydrogens (primary N) is 1. The lowest BCUT2D eigenvalue weighted by molar-refractivity contribution is 0.0520. The number of hydrogen-bond acceptors (Lipinski definition) is 7. The average Bonchev–Trinajstić information content (AvgIpc) is 3.59. The second-order valence-electron chi connectivity index (χ2n) is 8.76. The molecule has 1 saturated carbocycles. The van der Waals surface area contributed by atoms with Crippen LogP contribution in [-0.4, -0.2) is 59.0 Å². The van der Waals surface area contributed by atoms with E-state index in [2.05, 4.69) is 25.8 Å². The van der Waals surface area contributed by atoms with Crippen LogP contribution in [0.5, 0.6) is 5.75 Å². The number of amides is 1. The Labute approximate surface area is 203 Å². The van der Waals surface area contributed by atoms with Gasteiger partial charge in [0.1, 0.15) is 11.6 Å². The highest BCUT2D eigenvalue weighted by Gasteiger charge is 2.26. The summed E-state index contributed by atoms with van der Waals surface area (Å²) in [5.74, 6) is 1.32. The smallest absolute Gasteiger partial charge is 0.296 e. The predicted octanol–water partition coefficient (Wildman–Crippen LogP) is 2.57. The van der Waals surface area contributed by atoms with Gasteiger partial charge in [0.05, 0.1) is 25.0 Å². The highest BCUT2D eigenvalue weighted by Crippen LogP contribution is 2.27. The zero-order valence-corrected chi connectivity index (χ0v) is 19.3. The Balaban J connectivity index is 1.37. The van der Waals surface area contributed by atoms with Crippen molar-refractivity contribution in [3.63, 3.8) is 0 Å². The molecule has 2 aliphatic rings. The van der Waals surface area contributed by atoms with E-state index in [-0.39, 0.29) is 23.9 Å². The summed E-state index contributed by atoms with van der Waals surface area (Å²) in [5, 5.41) is 13.4. The Morgan fingerprint density at radius 1 is 1.20 bits per heavy atom. The lowest BCUT2D eigenvalue weighted by Gasteiger charge is -2.28. The summed E-state index contributed by atoms with van der Waals surface area (Å²) in [6, 6.07) is 11.5. The molecule has 1 saturated heterocycles. The van der Waals surface area contributed by atoms with Crippen molar-refractivity contribution in [3.05, 3.63) is 60.6 Å². The molecule has 3 aromatic rings. The van der Waals surface area contributed by atoms with Gasteiger partial charge in [0.25, 0.3) is 11.9 Å². The topological polar surface area (TPSA) is 140 Å². The number of H-pyrrole nitrogens is 1. The van der Waals surface area contributed by atoms with E-state index in [1.54, 1.807) is 30.7 Å². The van der Waals surface area contributed by atoms with E-state index in [0.717, 1.165) is 30.4 Å². The summed E-state index contributed by atoms with van der Waals surface area (Å²) < 4.78 is 11.7. The maximum atomic E-state index is 12.3. The van der Waals surface area contributed by atoms with Gasteiger partial charge in [-0.15, -0.1) is 0 Å². The molecule has 2 atom stereocenters. The van der Waals surface area contributed by atoms with Crippen molar-refractivity contribution in [1.29, 1.82) is 0 Å². The predicted molar refractivity (Wildman–Crippen MR) is 132 cm³/mol. The van der Waals surface area contributed by atoms with Crippen molar-refractivity contribution in [3.8, 4) is 16.9 Å². The molecule has 0 radical (unpaired) electrons. The molecule has 5 rings (SSSR count). The number of carbonyl (C=O) groups is 1. The largest absolute Gasteiger partial charge is 0.424 e. The van der Waals surface area contributed by atoms with Gasteiger partial charge < -0.3 is 20.5 Å². The minimum absolute atomic E-state index is 0.0481. The van der Waals surface area contributed by atoms with E-state index in [4.69, 9.17) is 20.2 Å². The molecule has 1 aliphatic heterocycles. The third kappa shape index (κ3) is 5.84. The molecule has 0 bridgehead atoms. The third-order valence-electron chi connectivity index (χ3n) is 6.14. The number of carbonyl (C=O) groups excluding carboxylic acids is 1. The molecule has 10 nitrogen and oxygen atoms in total. The summed E-state index contributed by atoms with van der Waals surface area (Å²) in [4.78, 5) is 21.3. The molecule has 182 valence electrons. The molecule has 1 aliphatic carbocycles. The van der Waals surface area contributed by atoms with Gasteiger partial charge in [-0.25, -0.2) is 4.99 Å². The number of benzene rings is 1. The van der Waals surface area contributed by atoms with Gasteiger partial charge in [0, 0.05) is 30.0 Å². The van der Waals surface area contributed by atoms with E-state index in [1.807, 2.05) is 24.3 Å². The van der Waals surface area contributed by atoms with E-state index < -0.39 is 0 Å². The van der Waals surface area contributed by atoms with Crippen molar-refractivity contribution in [2.45, 2.75) is 31.3 Å². The van der Waals surface area contributed by atoms with Gasteiger partial charge in [-0.1, -0.05) is 12.1 Å². The summed E-state index contributed by atoms with van der Waals surface area (Å²) in [6.45, 7) is 1.68. The molecular weight excluding hydrogens is 446 g/mol. The maximum Gasteiger partial charge on any atom is 0.296 e. The molecule has 1 aromatic carbocycles. The van der Waals surface area contributed by atoms with Crippen LogP contribution >= 0.6 is 0 Å². The minimum Gasteiger partial charge on any atom is -0.424 e. The number of ether oxygens (including phenoxy) is 2. The molecule has 2 unspecified atom stereocenters. The molecule has 2 aromatic heterocycles. The summed E-state index contributed by atoms with van der Waals surface area (Å²) in [6.07, 6.45) is 7.97. The average molecular weight is 476 g/mol. The first-order chi connectivity index (χ1) is 17.2. The Morgan fingerprint density at radius 3 is 2.80 bits per heavy atom. The fourth-order valence-electron chi connectivity index (χ4n) is 3.94. The first-order valence-electron chi connectivity index (χ1n) is 11.8. The fraction of sp³-hybridized carbons (Fsp3) is 0.360. The van der Waals surface area contributed by atoms with Crippen LogP contribution in [0.25, 0.3) is 11.1 Å². The lowest BCUT2D eigenvalue weighted by atomic mass is 9.96. The number of rotatable bonds is 7. The van der Waals surface area contributed by atoms with Crippen molar-refractivity contribution in [2.75, 3.05) is 25.1 Å². The Hall–Kier alpha value is -3.76. The number of pyridine rings is 1. The zero-order chi connectivity index (χ0) is 24.0. The van der Waals surface area contributed by atoms with Crippen LogP contribution in [0.15, 0.2) is 60.0 Å². The van der Waals surface area contributed by atoms with E-state index in [0.29, 0.717) is 42.9 Å². The van der Waals surface area contributed by atoms with Crippen molar-refractivity contribution < 1.29 is 14.3 Å². The van der Waals surface area contributed by atoms with Crippen molar-refractivity contribution in [2.24, 2.45) is 16.6 Å². The fourth-order valence-corrected chi connectivity index (χ4v) is 3.94. The maximum absolute atomic E-state index is 12.3. The molecular formula is C25H29N7O3. The van der Waals surface area contributed by atoms with Crippen molar-refractivity contribution >= 4 is 17.7 Å². The van der Waals surface area contributed by atoms with Gasteiger partial charge in [0.2, 0.25) is 0 Å². The Morgan fingerprint density at radius 2 is 2.06 bits per heavy atom. The highest BCUT2D eigenvalue weighted by molar-refractivity contribution is 5.96. The van der Waals surface area contributed by atoms with E-state index >= 15 is 0 Å². The van der Waals surface area contributed by atoms with Crippen molar-refractivity contribution in [1.82, 2.24) is 20.5 Å². The SMILES string of the molecule is NCC1CCOCC1N=C(Nc1[nH]ncc1-c1ccc(C(=O)NC2CC2)cc1)Oc1cccnc1.